The third kappa shape index (κ3) is 3.03. The van der Waals surface area contributed by atoms with Gasteiger partial charge < -0.3 is 10.1 Å². The number of hydrogen-bond acceptors (Lipinski definition) is 4. The molecule has 0 bridgehead atoms. The van der Waals surface area contributed by atoms with Crippen molar-refractivity contribution in [2.75, 3.05) is 12.4 Å². The maximum Gasteiger partial charge on any atom is 0.339 e. The van der Waals surface area contributed by atoms with Crippen molar-refractivity contribution >= 4 is 17.9 Å². The summed E-state index contributed by atoms with van der Waals surface area (Å²) in [4.78, 5) is 11.6. The van der Waals surface area contributed by atoms with Crippen LogP contribution in [0.5, 0.6) is 0 Å². The number of methoxy groups -OCH3 is 1. The van der Waals surface area contributed by atoms with Gasteiger partial charge in [-0.15, -0.1) is 0 Å². The molecule has 0 saturated heterocycles. The molecule has 0 aliphatic rings. The van der Waals surface area contributed by atoms with Crippen LogP contribution in [0.3, 0.4) is 0 Å². The molecule has 20 heavy (non-hydrogen) atoms. The Labute approximate surface area is 115 Å². The number of carbonyl (C=O) groups is 1. The fourth-order valence-electron chi connectivity index (χ4n) is 1.72. The number of ether oxygens (including phenoxy) is 1. The number of carbonyl (C=O) groups excluding carboxylic acids is 1. The largest absolute Gasteiger partial charge is 0.465 e. The minimum atomic E-state index is -0.519. The van der Waals surface area contributed by atoms with Crippen molar-refractivity contribution in [2.45, 2.75) is 6.54 Å². The van der Waals surface area contributed by atoms with Gasteiger partial charge in [0.05, 0.1) is 24.6 Å². The Kier molecular flexibility index (Phi) is 4.14. The van der Waals surface area contributed by atoms with Crippen LogP contribution in [0.1, 0.15) is 15.9 Å². The number of esters is 1. The lowest BCUT2D eigenvalue weighted by molar-refractivity contribution is 0.0602. The summed E-state index contributed by atoms with van der Waals surface area (Å²) < 4.78 is 19.5. The minimum Gasteiger partial charge on any atom is -0.465 e. The smallest absolute Gasteiger partial charge is 0.339 e. The second-order valence-corrected chi connectivity index (χ2v) is 4.05. The number of rotatable bonds is 5. The van der Waals surface area contributed by atoms with Crippen molar-refractivity contribution in [3.63, 3.8) is 0 Å². The van der Waals surface area contributed by atoms with Gasteiger partial charge in [0.1, 0.15) is 5.82 Å². The highest BCUT2D eigenvalue weighted by Gasteiger charge is 2.12. The Morgan fingerprint density at radius 2 is 2.40 bits per heavy atom. The number of anilines is 1. The molecule has 2 rings (SSSR count). The van der Waals surface area contributed by atoms with E-state index in [0.29, 0.717) is 12.2 Å². The van der Waals surface area contributed by atoms with E-state index in [2.05, 4.69) is 21.7 Å². The third-order valence-corrected chi connectivity index (χ3v) is 2.71. The summed E-state index contributed by atoms with van der Waals surface area (Å²) >= 11 is 0. The highest BCUT2D eigenvalue weighted by atomic mass is 19.1. The molecule has 0 radical (unpaired) electrons. The van der Waals surface area contributed by atoms with E-state index in [9.17, 15) is 9.18 Å². The zero-order valence-corrected chi connectivity index (χ0v) is 11.0. The molecule has 0 aliphatic carbocycles. The van der Waals surface area contributed by atoms with Crippen molar-refractivity contribution in [3.8, 4) is 0 Å². The number of halogens is 1. The van der Waals surface area contributed by atoms with Crippen molar-refractivity contribution < 1.29 is 13.9 Å². The molecule has 0 atom stereocenters. The average molecular weight is 275 g/mol. The van der Waals surface area contributed by atoms with Gasteiger partial charge in [-0.05, 0) is 18.2 Å². The van der Waals surface area contributed by atoms with Crippen molar-refractivity contribution in [1.82, 2.24) is 9.78 Å². The number of hydrogen-bond donors (Lipinski definition) is 1. The van der Waals surface area contributed by atoms with Gasteiger partial charge in [0, 0.05) is 24.5 Å². The maximum absolute atomic E-state index is 13.3. The first-order valence-electron chi connectivity index (χ1n) is 5.91. The first kappa shape index (κ1) is 13.8. The van der Waals surface area contributed by atoms with Gasteiger partial charge in [-0.1, -0.05) is 6.58 Å². The SMILES string of the molecule is C=Cn1cc(CNc2cc(F)ccc2C(=O)OC)cn1. The van der Waals surface area contributed by atoms with Gasteiger partial charge >= 0.3 is 5.97 Å². The van der Waals surface area contributed by atoms with E-state index >= 15 is 0 Å². The standard InChI is InChI=1S/C14H14FN3O2/c1-3-18-9-10(8-17-18)7-16-13-6-11(15)4-5-12(13)14(19)20-2/h3-6,8-9,16H,1,7H2,2H3. The zero-order valence-electron chi connectivity index (χ0n) is 11.0. The van der Waals surface area contributed by atoms with Crippen LogP contribution >= 0.6 is 0 Å². The normalized spacial score (nSPS) is 10.1. The summed E-state index contributed by atoms with van der Waals surface area (Å²) in [6, 6.07) is 3.86. The highest BCUT2D eigenvalue weighted by Crippen LogP contribution is 2.19. The van der Waals surface area contributed by atoms with Gasteiger partial charge in [-0.2, -0.15) is 5.10 Å². The third-order valence-electron chi connectivity index (χ3n) is 2.71. The number of benzene rings is 1. The van der Waals surface area contributed by atoms with Crippen LogP contribution in [0.2, 0.25) is 0 Å². The molecule has 0 unspecified atom stereocenters. The Hall–Kier alpha value is -2.63. The topological polar surface area (TPSA) is 56.2 Å². The van der Waals surface area contributed by atoms with E-state index in [1.54, 1.807) is 23.3 Å². The summed E-state index contributed by atoms with van der Waals surface area (Å²) in [7, 11) is 1.28. The summed E-state index contributed by atoms with van der Waals surface area (Å²) in [5.74, 6) is -0.948. The molecular weight excluding hydrogens is 261 g/mol. The maximum atomic E-state index is 13.3. The molecular formula is C14H14FN3O2. The van der Waals surface area contributed by atoms with E-state index in [4.69, 9.17) is 0 Å². The molecule has 104 valence electrons. The number of nitrogens with one attached hydrogen (secondary N) is 1. The number of nitrogens with zero attached hydrogens (tertiary/aromatic N) is 2. The molecule has 5 nitrogen and oxygen atoms in total. The molecule has 2 aromatic rings. The van der Waals surface area contributed by atoms with E-state index in [-0.39, 0.29) is 5.56 Å². The van der Waals surface area contributed by atoms with E-state index in [1.165, 1.54) is 25.3 Å². The molecule has 1 heterocycles. The van der Waals surface area contributed by atoms with E-state index in [1.807, 2.05) is 0 Å². The molecule has 1 aromatic heterocycles. The monoisotopic (exact) mass is 275 g/mol. The predicted octanol–water partition coefficient (Wildman–Crippen LogP) is 2.52. The van der Waals surface area contributed by atoms with Crippen molar-refractivity contribution in [3.05, 3.63) is 54.1 Å². The van der Waals surface area contributed by atoms with Crippen LogP contribution < -0.4 is 5.32 Å². The summed E-state index contributed by atoms with van der Waals surface area (Å²) in [5.41, 5.74) is 1.54. The lowest BCUT2D eigenvalue weighted by Crippen LogP contribution is -2.08. The molecule has 1 aromatic carbocycles. The second kappa shape index (κ2) is 6.01. The minimum absolute atomic E-state index is 0.282. The van der Waals surface area contributed by atoms with Crippen LogP contribution in [0.15, 0.2) is 37.2 Å². The van der Waals surface area contributed by atoms with Gasteiger partial charge in [-0.25, -0.2) is 13.9 Å². The summed E-state index contributed by atoms with van der Waals surface area (Å²) in [6.07, 6.45) is 4.99. The Morgan fingerprint density at radius 1 is 1.60 bits per heavy atom. The quantitative estimate of drug-likeness (QED) is 0.852. The van der Waals surface area contributed by atoms with Crippen LogP contribution in [-0.4, -0.2) is 22.9 Å². The fourth-order valence-corrected chi connectivity index (χ4v) is 1.72. The first-order chi connectivity index (χ1) is 9.63. The summed E-state index contributed by atoms with van der Waals surface area (Å²) in [5, 5.41) is 7.03. The second-order valence-electron chi connectivity index (χ2n) is 4.05. The highest BCUT2D eigenvalue weighted by molar-refractivity contribution is 5.95. The van der Waals surface area contributed by atoms with Gasteiger partial charge in [-0.3, -0.25) is 0 Å². The van der Waals surface area contributed by atoms with E-state index < -0.39 is 11.8 Å². The lowest BCUT2D eigenvalue weighted by Gasteiger charge is -2.10. The van der Waals surface area contributed by atoms with Crippen LogP contribution in [0.4, 0.5) is 10.1 Å². The lowest BCUT2D eigenvalue weighted by atomic mass is 10.1. The molecule has 6 heteroatoms. The molecule has 0 aliphatic heterocycles. The Balaban J connectivity index is 2.17. The molecule has 0 amide bonds. The fraction of sp³-hybridized carbons (Fsp3) is 0.143. The van der Waals surface area contributed by atoms with Crippen molar-refractivity contribution in [2.24, 2.45) is 0 Å². The predicted molar refractivity (Wildman–Crippen MR) is 73.7 cm³/mol. The molecule has 0 fully saturated rings. The average Bonchev–Trinajstić information content (AvgIpc) is 2.92. The Bertz CT molecular complexity index is 637. The van der Waals surface area contributed by atoms with Crippen molar-refractivity contribution in [1.29, 1.82) is 0 Å². The van der Waals surface area contributed by atoms with Crippen LogP contribution in [0, 0.1) is 5.82 Å². The molecule has 0 saturated carbocycles. The number of aromatic nitrogens is 2. The molecule has 0 spiro atoms. The molecule has 1 N–H and O–H groups in total. The van der Waals surface area contributed by atoms with Crippen LogP contribution in [-0.2, 0) is 11.3 Å². The van der Waals surface area contributed by atoms with E-state index in [0.717, 1.165) is 5.56 Å². The van der Waals surface area contributed by atoms with Gasteiger partial charge in [0.15, 0.2) is 0 Å². The van der Waals surface area contributed by atoms with Gasteiger partial charge in [0.2, 0.25) is 0 Å². The van der Waals surface area contributed by atoms with Gasteiger partial charge in [0.25, 0.3) is 0 Å². The zero-order chi connectivity index (χ0) is 14.5. The first-order valence-corrected chi connectivity index (χ1v) is 5.91. The Morgan fingerprint density at radius 3 is 3.05 bits per heavy atom. The summed E-state index contributed by atoms with van der Waals surface area (Å²) in [6.45, 7) is 4.00. The van der Waals surface area contributed by atoms with Crippen LogP contribution in [0.25, 0.3) is 6.20 Å².